The van der Waals surface area contributed by atoms with E-state index in [4.69, 9.17) is 9.84 Å². The Balaban J connectivity index is 1.29. The highest BCUT2D eigenvalue weighted by Gasteiger charge is 2.38. The zero-order valence-corrected chi connectivity index (χ0v) is 19.4. The molecule has 2 aliphatic rings. The summed E-state index contributed by atoms with van der Waals surface area (Å²) in [7, 11) is 0. The lowest BCUT2D eigenvalue weighted by Gasteiger charge is -2.25. The van der Waals surface area contributed by atoms with Crippen LogP contribution in [-0.2, 0) is 29.3 Å². The number of imidazole rings is 1. The Morgan fingerprint density at radius 2 is 1.97 bits per heavy atom. The minimum Gasteiger partial charge on any atom is -0.487 e. The van der Waals surface area contributed by atoms with Crippen molar-refractivity contribution in [3.05, 3.63) is 65.1 Å². The maximum atomic E-state index is 13.1. The first-order valence-electron chi connectivity index (χ1n) is 11.9. The number of ketones is 2. The first kappa shape index (κ1) is 23.2. The van der Waals surface area contributed by atoms with E-state index in [9.17, 15) is 14.4 Å². The molecule has 1 amide bonds. The van der Waals surface area contributed by atoms with Crippen molar-refractivity contribution in [3.63, 3.8) is 0 Å². The minimum absolute atomic E-state index is 0.0462. The van der Waals surface area contributed by atoms with Gasteiger partial charge in [0.15, 0.2) is 5.78 Å². The van der Waals surface area contributed by atoms with Gasteiger partial charge in [-0.2, -0.15) is 0 Å². The molecule has 0 radical (unpaired) electrons. The summed E-state index contributed by atoms with van der Waals surface area (Å²) in [6, 6.07) is 8.73. The number of rotatable bonds is 8. The van der Waals surface area contributed by atoms with Gasteiger partial charge in [0.05, 0.1) is 24.9 Å². The summed E-state index contributed by atoms with van der Waals surface area (Å²) in [5.41, 5.74) is 3.94. The summed E-state index contributed by atoms with van der Waals surface area (Å²) >= 11 is 0. The number of nitrogens with zero attached hydrogens (tertiary/aromatic N) is 3. The lowest BCUT2D eigenvalue weighted by Crippen LogP contribution is -2.40. The van der Waals surface area contributed by atoms with E-state index in [0.717, 1.165) is 22.5 Å². The van der Waals surface area contributed by atoms with Gasteiger partial charge in [-0.1, -0.05) is 12.1 Å². The first-order valence-corrected chi connectivity index (χ1v) is 11.9. The molecule has 9 nitrogen and oxygen atoms in total. The van der Waals surface area contributed by atoms with Crippen LogP contribution in [0.2, 0.25) is 0 Å². The van der Waals surface area contributed by atoms with Gasteiger partial charge < -0.3 is 24.5 Å². The standard InChI is InChI=1S/C26H28N4O5/c31-11-10-27-12-17-4-9-25-28-18(14-29(25)13-17)16-35-24-3-1-2-20-21(24)15-30(26(20)34)22-7-5-19(32)6-8-23(22)33/h1-4,9,13-14,22,27,31H,5-8,10-12,15-16H2. The zero-order chi connectivity index (χ0) is 24.4. The summed E-state index contributed by atoms with van der Waals surface area (Å²) in [4.78, 5) is 43.7. The van der Waals surface area contributed by atoms with E-state index in [2.05, 4.69) is 10.3 Å². The number of aliphatic hydroxyl groups excluding tert-OH is 1. The van der Waals surface area contributed by atoms with Crippen molar-refractivity contribution in [2.75, 3.05) is 13.2 Å². The molecule has 2 aromatic heterocycles. The quantitative estimate of drug-likeness (QED) is 0.378. The Labute approximate surface area is 202 Å². The van der Waals surface area contributed by atoms with Crippen LogP contribution in [-0.4, -0.2) is 56.1 Å². The van der Waals surface area contributed by atoms with Crippen molar-refractivity contribution in [2.45, 2.75) is 51.4 Å². The Kier molecular flexibility index (Phi) is 6.61. The summed E-state index contributed by atoms with van der Waals surface area (Å²) in [5.74, 6) is 0.444. The topological polar surface area (TPSA) is 113 Å². The monoisotopic (exact) mass is 476 g/mol. The van der Waals surface area contributed by atoms with Crippen molar-refractivity contribution >= 4 is 23.1 Å². The van der Waals surface area contributed by atoms with Gasteiger partial charge in [0.1, 0.15) is 23.8 Å². The molecule has 1 aliphatic carbocycles. The highest BCUT2D eigenvalue weighted by Crippen LogP contribution is 2.34. The molecule has 3 heterocycles. The summed E-state index contributed by atoms with van der Waals surface area (Å²) in [6.07, 6.45) is 5.06. The largest absolute Gasteiger partial charge is 0.487 e. The van der Waals surface area contributed by atoms with E-state index in [-0.39, 0.29) is 43.5 Å². The van der Waals surface area contributed by atoms with E-state index < -0.39 is 6.04 Å². The molecular formula is C26H28N4O5. The Morgan fingerprint density at radius 3 is 2.83 bits per heavy atom. The van der Waals surface area contributed by atoms with Crippen molar-refractivity contribution < 1.29 is 24.2 Å². The van der Waals surface area contributed by atoms with Crippen molar-refractivity contribution in [2.24, 2.45) is 0 Å². The third kappa shape index (κ3) is 4.82. The molecule has 1 saturated carbocycles. The molecule has 0 bridgehead atoms. The fourth-order valence-electron chi connectivity index (χ4n) is 4.78. The fraction of sp³-hybridized carbons (Fsp3) is 0.385. The van der Waals surface area contributed by atoms with Gasteiger partial charge in [-0.3, -0.25) is 14.4 Å². The Bertz CT molecular complexity index is 1280. The number of fused-ring (bicyclic) bond motifs is 2. The predicted octanol–water partition coefficient (Wildman–Crippen LogP) is 2.03. The smallest absolute Gasteiger partial charge is 0.255 e. The normalized spacial score (nSPS) is 18.3. The van der Waals surface area contributed by atoms with Gasteiger partial charge >= 0.3 is 0 Å². The number of pyridine rings is 1. The third-order valence-electron chi connectivity index (χ3n) is 6.60. The Morgan fingerprint density at radius 1 is 1.09 bits per heavy atom. The third-order valence-corrected chi connectivity index (χ3v) is 6.60. The molecule has 2 N–H and O–H groups in total. The van der Waals surface area contributed by atoms with Gasteiger partial charge in [-0.05, 0) is 30.2 Å². The molecule has 0 saturated heterocycles. The molecule has 35 heavy (non-hydrogen) atoms. The predicted molar refractivity (Wildman–Crippen MR) is 127 cm³/mol. The number of hydrogen-bond donors (Lipinski definition) is 2. The van der Waals surface area contributed by atoms with Gasteiger partial charge in [0, 0.05) is 55.9 Å². The summed E-state index contributed by atoms with van der Waals surface area (Å²) in [6.45, 7) is 1.82. The van der Waals surface area contributed by atoms with Crippen LogP contribution in [0.5, 0.6) is 5.75 Å². The average molecular weight is 477 g/mol. The second-order valence-electron chi connectivity index (χ2n) is 9.00. The molecule has 3 aromatic rings. The van der Waals surface area contributed by atoms with Crippen molar-refractivity contribution in [3.8, 4) is 5.75 Å². The number of carbonyl (C=O) groups is 3. The molecule has 9 heteroatoms. The van der Waals surface area contributed by atoms with Gasteiger partial charge in [-0.25, -0.2) is 4.98 Å². The van der Waals surface area contributed by atoms with Crippen LogP contribution in [0.1, 0.15) is 52.9 Å². The fourth-order valence-corrected chi connectivity index (χ4v) is 4.78. The lowest BCUT2D eigenvalue weighted by molar-refractivity contribution is -0.124. The van der Waals surface area contributed by atoms with Crippen molar-refractivity contribution in [1.29, 1.82) is 0 Å². The van der Waals surface area contributed by atoms with Gasteiger partial charge in [0.25, 0.3) is 5.91 Å². The number of hydrogen-bond acceptors (Lipinski definition) is 7. The van der Waals surface area contributed by atoms with E-state index in [1.165, 1.54) is 0 Å². The van der Waals surface area contributed by atoms with Gasteiger partial charge in [0.2, 0.25) is 0 Å². The zero-order valence-electron chi connectivity index (χ0n) is 19.4. The number of ether oxygens (including phenoxy) is 1. The van der Waals surface area contributed by atoms with Crippen LogP contribution >= 0.6 is 0 Å². The maximum Gasteiger partial charge on any atom is 0.255 e. The van der Waals surface area contributed by atoms with Crippen LogP contribution in [0.4, 0.5) is 0 Å². The lowest BCUT2D eigenvalue weighted by atomic mass is 10.1. The van der Waals surface area contributed by atoms with Crippen LogP contribution < -0.4 is 10.1 Å². The summed E-state index contributed by atoms with van der Waals surface area (Å²) in [5, 5.41) is 12.1. The molecule has 182 valence electrons. The number of carbonyl (C=O) groups excluding carboxylic acids is 3. The van der Waals surface area contributed by atoms with Crippen LogP contribution in [0.3, 0.4) is 0 Å². The van der Waals surface area contributed by atoms with E-state index in [1.54, 1.807) is 17.0 Å². The van der Waals surface area contributed by atoms with E-state index in [0.29, 0.717) is 43.8 Å². The second-order valence-corrected chi connectivity index (χ2v) is 9.00. The molecule has 1 atom stereocenters. The highest BCUT2D eigenvalue weighted by atomic mass is 16.5. The number of nitrogens with one attached hydrogen (secondary N) is 1. The van der Waals surface area contributed by atoms with E-state index >= 15 is 0 Å². The minimum atomic E-state index is -0.561. The maximum absolute atomic E-state index is 13.1. The second kappa shape index (κ2) is 9.97. The first-order chi connectivity index (χ1) is 17.0. The van der Waals surface area contributed by atoms with E-state index in [1.807, 2.05) is 35.0 Å². The SMILES string of the molecule is O=C1CCC(=O)C(N2Cc3c(OCc4cn5cc(CNCCO)ccc5n4)cccc3C2=O)CC1. The molecule has 0 spiro atoms. The molecule has 5 rings (SSSR count). The van der Waals surface area contributed by atoms with Gasteiger partial charge in [-0.15, -0.1) is 0 Å². The highest BCUT2D eigenvalue weighted by molar-refractivity contribution is 6.02. The number of aliphatic hydroxyl groups is 1. The molecule has 1 fully saturated rings. The van der Waals surface area contributed by atoms with Crippen LogP contribution in [0, 0.1) is 0 Å². The Hall–Kier alpha value is -3.56. The molecule has 1 aliphatic heterocycles. The van der Waals surface area contributed by atoms with Crippen LogP contribution in [0.15, 0.2) is 42.7 Å². The number of amides is 1. The number of Topliss-reactive ketones (excluding diaryl/α,β-unsaturated/α-hetero) is 2. The number of benzene rings is 1. The molecule has 1 aromatic carbocycles. The molecule has 1 unspecified atom stereocenters. The van der Waals surface area contributed by atoms with Crippen LogP contribution in [0.25, 0.3) is 5.65 Å². The molecular weight excluding hydrogens is 448 g/mol. The summed E-state index contributed by atoms with van der Waals surface area (Å²) < 4.78 is 8.03. The average Bonchev–Trinajstić information content (AvgIpc) is 3.37. The van der Waals surface area contributed by atoms with Crippen molar-refractivity contribution in [1.82, 2.24) is 19.6 Å². The number of aromatic nitrogens is 2.